The lowest BCUT2D eigenvalue weighted by atomic mass is 10.2. The Morgan fingerprint density at radius 1 is 1.50 bits per heavy atom. The summed E-state index contributed by atoms with van der Waals surface area (Å²) in [6.07, 6.45) is 2.65. The van der Waals surface area contributed by atoms with Crippen LogP contribution in [0.2, 0.25) is 5.02 Å². The predicted molar refractivity (Wildman–Crippen MR) is 71.2 cm³/mol. The van der Waals surface area contributed by atoms with E-state index in [-0.39, 0.29) is 5.02 Å². The van der Waals surface area contributed by atoms with Crippen LogP contribution in [-0.4, -0.2) is 16.3 Å². The highest BCUT2D eigenvalue weighted by Crippen LogP contribution is 2.26. The molecule has 0 unspecified atom stereocenters. The van der Waals surface area contributed by atoms with Crippen molar-refractivity contribution in [2.24, 2.45) is 7.05 Å². The van der Waals surface area contributed by atoms with E-state index in [2.05, 4.69) is 10.4 Å². The molecule has 0 aliphatic rings. The van der Waals surface area contributed by atoms with Gasteiger partial charge in [-0.15, -0.1) is 0 Å². The third kappa shape index (κ3) is 2.92. The number of nitrogens with one attached hydrogen (secondary N) is 1. The van der Waals surface area contributed by atoms with Crippen molar-refractivity contribution in [3.05, 3.63) is 40.9 Å². The van der Waals surface area contributed by atoms with Gasteiger partial charge in [-0.3, -0.25) is 4.68 Å². The molecule has 3 N–H and O–H groups in total. The molecule has 0 radical (unpaired) electrons. The molecule has 1 heterocycles. The van der Waals surface area contributed by atoms with Crippen molar-refractivity contribution in [1.82, 2.24) is 9.78 Å². The van der Waals surface area contributed by atoms with Crippen molar-refractivity contribution < 1.29 is 4.39 Å². The van der Waals surface area contributed by atoms with E-state index in [1.165, 1.54) is 12.1 Å². The molecule has 2 aromatic rings. The van der Waals surface area contributed by atoms with E-state index in [1.807, 2.05) is 19.3 Å². The van der Waals surface area contributed by atoms with Gasteiger partial charge in [0.15, 0.2) is 0 Å². The number of rotatable bonds is 4. The number of benzene rings is 1. The Morgan fingerprint density at radius 3 is 2.94 bits per heavy atom. The molecule has 4 nitrogen and oxygen atoms in total. The molecule has 2 rings (SSSR count). The monoisotopic (exact) mass is 268 g/mol. The number of anilines is 2. The van der Waals surface area contributed by atoms with Gasteiger partial charge >= 0.3 is 0 Å². The molecular weight excluding hydrogens is 255 g/mol. The van der Waals surface area contributed by atoms with Crippen LogP contribution in [-0.2, 0) is 13.5 Å². The number of aryl methyl sites for hydroxylation is 1. The highest BCUT2D eigenvalue weighted by Gasteiger charge is 2.06. The second-order valence-corrected chi connectivity index (χ2v) is 4.42. The molecule has 0 bridgehead atoms. The summed E-state index contributed by atoms with van der Waals surface area (Å²) in [6.45, 7) is 0.656. The largest absolute Gasteiger partial charge is 0.397 e. The van der Waals surface area contributed by atoms with Crippen LogP contribution in [0, 0.1) is 5.82 Å². The van der Waals surface area contributed by atoms with Crippen LogP contribution in [0.4, 0.5) is 15.8 Å². The van der Waals surface area contributed by atoms with Gasteiger partial charge in [-0.1, -0.05) is 11.6 Å². The standard InChI is InChI=1S/C12H14ClFN4/c1-18-5-3-8(17-18)2-4-16-12-6-9(13)10(14)7-11(12)15/h3,5-7,16H,2,4,15H2,1H3. The molecule has 0 amide bonds. The van der Waals surface area contributed by atoms with Gasteiger partial charge in [0, 0.05) is 32.3 Å². The lowest BCUT2D eigenvalue weighted by Gasteiger charge is -2.09. The number of hydrogen-bond donors (Lipinski definition) is 2. The second-order valence-electron chi connectivity index (χ2n) is 4.01. The molecule has 0 aliphatic carbocycles. The van der Waals surface area contributed by atoms with Crippen molar-refractivity contribution in [3.8, 4) is 0 Å². The summed E-state index contributed by atoms with van der Waals surface area (Å²) in [6, 6.07) is 4.65. The molecule has 1 aromatic carbocycles. The van der Waals surface area contributed by atoms with Gasteiger partial charge in [0.2, 0.25) is 0 Å². The van der Waals surface area contributed by atoms with Crippen LogP contribution in [0.15, 0.2) is 24.4 Å². The van der Waals surface area contributed by atoms with Gasteiger partial charge in [-0.2, -0.15) is 5.10 Å². The summed E-state index contributed by atoms with van der Waals surface area (Å²) in [5, 5.41) is 7.43. The van der Waals surface area contributed by atoms with Crippen molar-refractivity contribution in [1.29, 1.82) is 0 Å². The highest BCUT2D eigenvalue weighted by molar-refractivity contribution is 6.31. The Bertz CT molecular complexity index is 553. The summed E-state index contributed by atoms with van der Waals surface area (Å²) in [7, 11) is 1.87. The topological polar surface area (TPSA) is 55.9 Å². The second kappa shape index (κ2) is 5.27. The molecule has 0 saturated heterocycles. The fourth-order valence-electron chi connectivity index (χ4n) is 1.64. The quantitative estimate of drug-likeness (QED) is 0.838. The van der Waals surface area contributed by atoms with Crippen LogP contribution in [0.5, 0.6) is 0 Å². The third-order valence-electron chi connectivity index (χ3n) is 2.56. The fourth-order valence-corrected chi connectivity index (χ4v) is 1.80. The van der Waals surface area contributed by atoms with Crippen molar-refractivity contribution in [2.75, 3.05) is 17.6 Å². The molecule has 18 heavy (non-hydrogen) atoms. The summed E-state index contributed by atoms with van der Waals surface area (Å²) in [5.74, 6) is -0.510. The molecule has 96 valence electrons. The highest BCUT2D eigenvalue weighted by atomic mass is 35.5. The van der Waals surface area contributed by atoms with Crippen molar-refractivity contribution in [2.45, 2.75) is 6.42 Å². The maximum Gasteiger partial charge on any atom is 0.143 e. The van der Waals surface area contributed by atoms with Gasteiger partial charge in [-0.25, -0.2) is 4.39 Å². The van der Waals surface area contributed by atoms with Crippen LogP contribution in [0.25, 0.3) is 0 Å². The number of nitrogens with zero attached hydrogens (tertiary/aromatic N) is 2. The summed E-state index contributed by atoms with van der Waals surface area (Å²) in [5.41, 5.74) is 7.66. The van der Waals surface area contributed by atoms with Crippen molar-refractivity contribution >= 4 is 23.0 Å². The minimum Gasteiger partial charge on any atom is -0.397 e. The molecule has 1 aromatic heterocycles. The Labute approximate surface area is 110 Å². The van der Waals surface area contributed by atoms with E-state index < -0.39 is 5.82 Å². The molecule has 0 aliphatic heterocycles. The summed E-state index contributed by atoms with van der Waals surface area (Å²) in [4.78, 5) is 0. The third-order valence-corrected chi connectivity index (χ3v) is 2.85. The SMILES string of the molecule is Cn1ccc(CCNc2cc(Cl)c(F)cc2N)n1. The molecule has 0 fully saturated rings. The number of nitrogens with two attached hydrogens (primary N) is 1. The zero-order valence-electron chi connectivity index (χ0n) is 9.95. The normalized spacial score (nSPS) is 10.6. The van der Waals surface area contributed by atoms with E-state index in [0.717, 1.165) is 12.1 Å². The van der Waals surface area contributed by atoms with Crippen LogP contribution in [0.1, 0.15) is 5.69 Å². The Morgan fingerprint density at radius 2 is 2.28 bits per heavy atom. The summed E-state index contributed by atoms with van der Waals surface area (Å²) < 4.78 is 14.8. The Kier molecular flexibility index (Phi) is 3.72. The van der Waals surface area contributed by atoms with Gasteiger partial charge in [0.25, 0.3) is 0 Å². The average molecular weight is 269 g/mol. The van der Waals surface area contributed by atoms with Crippen LogP contribution in [0.3, 0.4) is 0 Å². The molecule has 6 heteroatoms. The Balaban J connectivity index is 1.96. The van der Waals surface area contributed by atoms with E-state index in [9.17, 15) is 4.39 Å². The van der Waals surface area contributed by atoms with Gasteiger partial charge < -0.3 is 11.1 Å². The zero-order chi connectivity index (χ0) is 13.1. The molecule has 0 saturated carbocycles. The van der Waals surface area contributed by atoms with E-state index in [0.29, 0.717) is 17.9 Å². The minimum atomic E-state index is -0.510. The maximum absolute atomic E-state index is 13.1. The predicted octanol–water partition coefficient (Wildman–Crippen LogP) is 2.45. The van der Waals surface area contributed by atoms with E-state index in [1.54, 1.807) is 4.68 Å². The fraction of sp³-hybridized carbons (Fsp3) is 0.250. The first-order valence-corrected chi connectivity index (χ1v) is 5.91. The smallest absolute Gasteiger partial charge is 0.143 e. The summed E-state index contributed by atoms with van der Waals surface area (Å²) >= 11 is 5.70. The maximum atomic E-state index is 13.1. The zero-order valence-corrected chi connectivity index (χ0v) is 10.7. The van der Waals surface area contributed by atoms with Crippen LogP contribution >= 0.6 is 11.6 Å². The van der Waals surface area contributed by atoms with E-state index >= 15 is 0 Å². The lowest BCUT2D eigenvalue weighted by Crippen LogP contribution is -2.08. The van der Waals surface area contributed by atoms with Crippen LogP contribution < -0.4 is 11.1 Å². The number of halogens is 2. The number of hydrogen-bond acceptors (Lipinski definition) is 3. The first-order valence-electron chi connectivity index (χ1n) is 5.53. The van der Waals surface area contributed by atoms with Crippen molar-refractivity contribution in [3.63, 3.8) is 0 Å². The van der Waals surface area contributed by atoms with Gasteiger partial charge in [0.1, 0.15) is 5.82 Å². The first kappa shape index (κ1) is 12.7. The number of aromatic nitrogens is 2. The lowest BCUT2D eigenvalue weighted by molar-refractivity contribution is 0.629. The number of nitrogen functional groups attached to an aromatic ring is 1. The van der Waals surface area contributed by atoms with E-state index in [4.69, 9.17) is 17.3 Å². The molecular formula is C12H14ClFN4. The van der Waals surface area contributed by atoms with Gasteiger partial charge in [-0.05, 0) is 12.1 Å². The molecule has 0 atom stereocenters. The van der Waals surface area contributed by atoms with Gasteiger partial charge in [0.05, 0.1) is 22.1 Å². The average Bonchev–Trinajstić information content (AvgIpc) is 2.71. The Hall–Kier alpha value is -1.75. The molecule has 0 spiro atoms. The first-order chi connectivity index (χ1) is 8.56. The minimum absolute atomic E-state index is 0.0598.